The predicted octanol–water partition coefficient (Wildman–Crippen LogP) is 4.80. The van der Waals surface area contributed by atoms with Crippen molar-refractivity contribution in [3.05, 3.63) is 58.4 Å². The van der Waals surface area contributed by atoms with Crippen molar-refractivity contribution in [3.8, 4) is 11.1 Å². The van der Waals surface area contributed by atoms with Crippen molar-refractivity contribution >= 4 is 17.6 Å². The Hall–Kier alpha value is -1.67. The van der Waals surface area contributed by atoms with Crippen molar-refractivity contribution in [2.24, 2.45) is 4.99 Å². The Bertz CT molecular complexity index is 593. The lowest BCUT2D eigenvalue weighted by molar-refractivity contribution is 0.911. The molecule has 90 valence electrons. The molecule has 3 rings (SSSR count). The van der Waals surface area contributed by atoms with Gasteiger partial charge < -0.3 is 0 Å². The second-order valence-corrected chi connectivity index (χ2v) is 5.80. The largest absolute Gasteiger partial charge is 0.269 e. The van der Waals surface area contributed by atoms with Crippen LogP contribution < -0.4 is 0 Å². The first-order valence-electron chi connectivity index (χ1n) is 6.18. The zero-order valence-electron chi connectivity index (χ0n) is 10.3. The first kappa shape index (κ1) is 11.4. The lowest BCUT2D eigenvalue weighted by atomic mass is 9.96. The second kappa shape index (κ2) is 4.91. The van der Waals surface area contributed by atoms with Gasteiger partial charge in [-0.15, -0.1) is 11.3 Å². The number of benzene rings is 1. The third-order valence-electron chi connectivity index (χ3n) is 3.17. The first-order chi connectivity index (χ1) is 8.84. The maximum absolute atomic E-state index is 4.16. The highest BCUT2D eigenvalue weighted by atomic mass is 32.1. The fraction of sp³-hybridized carbons (Fsp3) is 0.188. The topological polar surface area (TPSA) is 12.4 Å². The molecule has 0 saturated carbocycles. The highest BCUT2D eigenvalue weighted by molar-refractivity contribution is 7.12. The van der Waals surface area contributed by atoms with Gasteiger partial charge >= 0.3 is 0 Å². The van der Waals surface area contributed by atoms with Crippen LogP contribution in [0.25, 0.3) is 11.1 Å². The standard InChI is InChI=1S/C16H15NS/c1-12-11-15(13-5-3-2-4-6-13)16(18-12)14-7-9-17-10-8-14/h2-7,9-11,14H,8H2,1H3. The van der Waals surface area contributed by atoms with Gasteiger partial charge in [0.05, 0.1) is 0 Å². The quantitative estimate of drug-likeness (QED) is 0.729. The van der Waals surface area contributed by atoms with E-state index >= 15 is 0 Å². The van der Waals surface area contributed by atoms with Gasteiger partial charge in [0.1, 0.15) is 0 Å². The number of thiophene rings is 1. The third kappa shape index (κ3) is 2.16. The molecule has 2 heteroatoms. The lowest BCUT2D eigenvalue weighted by Gasteiger charge is -2.13. The van der Waals surface area contributed by atoms with Gasteiger partial charge in [-0.1, -0.05) is 36.4 Å². The molecule has 0 fully saturated rings. The van der Waals surface area contributed by atoms with Crippen LogP contribution in [0, 0.1) is 6.92 Å². The smallest absolute Gasteiger partial charge is 0.0230 e. The fourth-order valence-electron chi connectivity index (χ4n) is 2.31. The van der Waals surface area contributed by atoms with E-state index in [2.05, 4.69) is 54.4 Å². The van der Waals surface area contributed by atoms with Gasteiger partial charge in [-0.2, -0.15) is 0 Å². The number of hydrogen-bond acceptors (Lipinski definition) is 2. The molecule has 0 saturated heterocycles. The molecule has 1 aliphatic rings. The van der Waals surface area contributed by atoms with E-state index in [0.29, 0.717) is 5.92 Å². The Morgan fingerprint density at radius 1 is 1.22 bits per heavy atom. The summed E-state index contributed by atoms with van der Waals surface area (Å²) in [6.45, 7) is 2.18. The van der Waals surface area contributed by atoms with Crippen LogP contribution in [0.4, 0.5) is 0 Å². The highest BCUT2D eigenvalue weighted by Gasteiger charge is 2.17. The molecule has 2 aromatic rings. The van der Waals surface area contributed by atoms with Gasteiger partial charge in [0, 0.05) is 28.1 Å². The first-order valence-corrected chi connectivity index (χ1v) is 7.00. The van der Waals surface area contributed by atoms with Gasteiger partial charge in [0.25, 0.3) is 0 Å². The zero-order valence-corrected chi connectivity index (χ0v) is 11.2. The number of rotatable bonds is 2. The van der Waals surface area contributed by atoms with Crippen LogP contribution in [0.15, 0.2) is 53.7 Å². The normalized spacial score (nSPS) is 18.2. The number of aliphatic imine (C=N–C) groups is 1. The molecule has 0 radical (unpaired) electrons. The molecule has 18 heavy (non-hydrogen) atoms. The molecular weight excluding hydrogens is 238 g/mol. The third-order valence-corrected chi connectivity index (χ3v) is 4.36. The maximum Gasteiger partial charge on any atom is 0.0230 e. The summed E-state index contributed by atoms with van der Waals surface area (Å²) in [4.78, 5) is 7.00. The molecule has 0 aliphatic carbocycles. The summed E-state index contributed by atoms with van der Waals surface area (Å²) >= 11 is 1.90. The van der Waals surface area contributed by atoms with Crippen LogP contribution in [0.1, 0.15) is 22.1 Å². The van der Waals surface area contributed by atoms with Gasteiger partial charge in [-0.3, -0.25) is 4.99 Å². The molecule has 1 nitrogen and oxygen atoms in total. The molecule has 1 aliphatic heterocycles. The van der Waals surface area contributed by atoms with Gasteiger partial charge in [0.2, 0.25) is 0 Å². The van der Waals surface area contributed by atoms with Crippen LogP contribution >= 0.6 is 11.3 Å². The minimum atomic E-state index is 0.483. The van der Waals surface area contributed by atoms with E-state index in [1.807, 2.05) is 23.8 Å². The molecule has 1 aromatic heterocycles. The summed E-state index contributed by atoms with van der Waals surface area (Å²) in [7, 11) is 0. The Labute approximate surface area is 112 Å². The maximum atomic E-state index is 4.16. The van der Waals surface area contributed by atoms with Crippen molar-refractivity contribution in [1.29, 1.82) is 0 Å². The Morgan fingerprint density at radius 2 is 2.06 bits per heavy atom. The molecule has 2 heterocycles. The number of hydrogen-bond donors (Lipinski definition) is 0. The van der Waals surface area contributed by atoms with E-state index in [-0.39, 0.29) is 0 Å². The molecule has 1 atom stereocenters. The zero-order chi connectivity index (χ0) is 12.4. The van der Waals surface area contributed by atoms with Crippen LogP contribution in [0.5, 0.6) is 0 Å². The SMILES string of the molecule is Cc1cc(-c2ccccc2)c(C2C=CN=CC2)s1. The van der Waals surface area contributed by atoms with E-state index < -0.39 is 0 Å². The van der Waals surface area contributed by atoms with Crippen LogP contribution in [0.3, 0.4) is 0 Å². The summed E-state index contributed by atoms with van der Waals surface area (Å²) in [5.41, 5.74) is 2.69. The van der Waals surface area contributed by atoms with E-state index in [0.717, 1.165) is 6.42 Å². The van der Waals surface area contributed by atoms with Crippen molar-refractivity contribution in [1.82, 2.24) is 0 Å². The Balaban J connectivity index is 2.05. The minimum absolute atomic E-state index is 0.483. The van der Waals surface area contributed by atoms with Crippen LogP contribution in [0.2, 0.25) is 0 Å². The van der Waals surface area contributed by atoms with E-state index in [1.54, 1.807) is 0 Å². The molecule has 0 spiro atoms. The number of aryl methyl sites for hydroxylation is 1. The highest BCUT2D eigenvalue weighted by Crippen LogP contribution is 2.38. The van der Waals surface area contributed by atoms with Crippen molar-refractivity contribution in [2.45, 2.75) is 19.3 Å². The number of nitrogens with zero attached hydrogens (tertiary/aromatic N) is 1. The molecule has 1 unspecified atom stereocenters. The molecule has 0 bridgehead atoms. The van der Waals surface area contributed by atoms with Gasteiger partial charge in [-0.25, -0.2) is 0 Å². The van der Waals surface area contributed by atoms with Crippen molar-refractivity contribution in [3.63, 3.8) is 0 Å². The average Bonchev–Trinajstić information content (AvgIpc) is 2.83. The Morgan fingerprint density at radius 3 is 2.78 bits per heavy atom. The van der Waals surface area contributed by atoms with E-state index in [4.69, 9.17) is 0 Å². The monoisotopic (exact) mass is 253 g/mol. The number of allylic oxidation sites excluding steroid dienone is 1. The molecule has 0 N–H and O–H groups in total. The van der Waals surface area contributed by atoms with Gasteiger partial charge in [0.15, 0.2) is 0 Å². The van der Waals surface area contributed by atoms with Crippen LogP contribution in [-0.2, 0) is 0 Å². The molecular formula is C16H15NS. The lowest BCUT2D eigenvalue weighted by Crippen LogP contribution is -1.98. The second-order valence-electron chi connectivity index (χ2n) is 4.52. The van der Waals surface area contributed by atoms with E-state index in [9.17, 15) is 0 Å². The van der Waals surface area contributed by atoms with Crippen LogP contribution in [-0.4, -0.2) is 6.21 Å². The summed E-state index contributed by atoms with van der Waals surface area (Å²) < 4.78 is 0. The van der Waals surface area contributed by atoms with Gasteiger partial charge in [-0.05, 0) is 30.5 Å². The molecule has 1 aromatic carbocycles. The summed E-state index contributed by atoms with van der Waals surface area (Å²) in [6, 6.07) is 12.9. The summed E-state index contributed by atoms with van der Waals surface area (Å²) in [5.74, 6) is 0.483. The summed E-state index contributed by atoms with van der Waals surface area (Å²) in [6.07, 6.45) is 7.14. The van der Waals surface area contributed by atoms with Crippen molar-refractivity contribution in [2.75, 3.05) is 0 Å². The van der Waals surface area contributed by atoms with Crippen molar-refractivity contribution < 1.29 is 0 Å². The fourth-order valence-corrected chi connectivity index (χ4v) is 3.45. The molecule has 0 amide bonds. The predicted molar refractivity (Wildman–Crippen MR) is 79.5 cm³/mol. The minimum Gasteiger partial charge on any atom is -0.269 e. The summed E-state index contributed by atoms with van der Waals surface area (Å²) in [5, 5.41) is 0. The average molecular weight is 253 g/mol. The van der Waals surface area contributed by atoms with E-state index in [1.165, 1.54) is 20.9 Å². The Kier molecular flexibility index (Phi) is 3.11.